The zero-order chi connectivity index (χ0) is 13.2. The van der Waals surface area contributed by atoms with Gasteiger partial charge in [-0.3, -0.25) is 4.98 Å². The van der Waals surface area contributed by atoms with Crippen LogP contribution in [0.25, 0.3) is 10.9 Å². The maximum Gasteiger partial charge on any atom is 0.174 e. The molecule has 0 aliphatic heterocycles. The third-order valence-corrected chi connectivity index (χ3v) is 4.75. The molecule has 19 heavy (non-hydrogen) atoms. The van der Waals surface area contributed by atoms with Crippen LogP contribution in [0.2, 0.25) is 0 Å². The Bertz CT molecular complexity index is 723. The molecule has 2 N–H and O–H groups in total. The number of aromatic nitrogens is 3. The van der Waals surface area contributed by atoms with Gasteiger partial charge in [-0.25, -0.2) is 4.98 Å². The van der Waals surface area contributed by atoms with Crippen molar-refractivity contribution in [2.24, 2.45) is 5.73 Å². The van der Waals surface area contributed by atoms with Crippen LogP contribution in [0.15, 0.2) is 39.7 Å². The number of hydrogen-bond acceptors (Lipinski definition) is 6. The maximum absolute atomic E-state index is 5.81. The summed E-state index contributed by atoms with van der Waals surface area (Å²) in [7, 11) is 0. The minimum Gasteiger partial charge on any atom is -0.326 e. The highest BCUT2D eigenvalue weighted by molar-refractivity contribution is 8.01. The Morgan fingerprint density at radius 2 is 2.16 bits per heavy atom. The molecule has 0 aliphatic rings. The summed E-state index contributed by atoms with van der Waals surface area (Å²) in [4.78, 5) is 9.96. The van der Waals surface area contributed by atoms with E-state index in [9.17, 15) is 0 Å². The molecule has 0 amide bonds. The number of pyridine rings is 1. The van der Waals surface area contributed by atoms with Crippen molar-refractivity contribution in [1.82, 2.24) is 14.3 Å². The second-order valence-corrected chi connectivity index (χ2v) is 6.05. The van der Waals surface area contributed by atoms with Crippen molar-refractivity contribution in [2.75, 3.05) is 0 Å². The SMILES string of the molecule is Cc1nsc(Sc2c(CN)cnc3ccccc23)n1. The molecule has 0 saturated carbocycles. The molecule has 96 valence electrons. The van der Waals surface area contributed by atoms with Crippen LogP contribution in [0, 0.1) is 6.92 Å². The van der Waals surface area contributed by atoms with Crippen molar-refractivity contribution in [3.8, 4) is 0 Å². The first-order valence-corrected chi connectivity index (χ1v) is 7.42. The Balaban J connectivity index is 2.14. The molecular formula is C13H12N4S2. The lowest BCUT2D eigenvalue weighted by molar-refractivity contribution is 1.02. The van der Waals surface area contributed by atoms with Gasteiger partial charge in [-0.2, -0.15) is 4.37 Å². The van der Waals surface area contributed by atoms with Gasteiger partial charge < -0.3 is 5.73 Å². The fourth-order valence-corrected chi connectivity index (χ4v) is 3.67. The number of nitrogens with zero attached hydrogens (tertiary/aromatic N) is 3. The van der Waals surface area contributed by atoms with E-state index < -0.39 is 0 Å². The normalized spacial score (nSPS) is 11.1. The highest BCUT2D eigenvalue weighted by Gasteiger charge is 2.11. The van der Waals surface area contributed by atoms with Crippen LogP contribution in [0.3, 0.4) is 0 Å². The Labute approximate surface area is 119 Å². The first kappa shape index (κ1) is 12.5. The largest absolute Gasteiger partial charge is 0.326 e. The lowest BCUT2D eigenvalue weighted by Gasteiger charge is -2.08. The molecule has 0 aliphatic carbocycles. The van der Waals surface area contributed by atoms with Gasteiger partial charge in [-0.15, -0.1) is 0 Å². The van der Waals surface area contributed by atoms with Crippen molar-refractivity contribution >= 4 is 34.2 Å². The summed E-state index contributed by atoms with van der Waals surface area (Å²) >= 11 is 3.03. The molecule has 0 fully saturated rings. The smallest absolute Gasteiger partial charge is 0.174 e. The molecule has 0 atom stereocenters. The molecule has 6 heteroatoms. The minimum absolute atomic E-state index is 0.470. The van der Waals surface area contributed by atoms with Crippen molar-refractivity contribution in [2.45, 2.75) is 22.7 Å². The van der Waals surface area contributed by atoms with Gasteiger partial charge in [0.2, 0.25) is 0 Å². The molecule has 3 rings (SSSR count). The quantitative estimate of drug-likeness (QED) is 0.802. The zero-order valence-corrected chi connectivity index (χ0v) is 12.0. The van der Waals surface area contributed by atoms with Crippen LogP contribution in [0.4, 0.5) is 0 Å². The number of nitrogens with two attached hydrogens (primary N) is 1. The summed E-state index contributed by atoms with van der Waals surface area (Å²) in [5.74, 6) is 0.806. The van der Waals surface area contributed by atoms with E-state index in [1.807, 2.05) is 31.3 Å². The number of rotatable bonds is 3. The predicted octanol–water partition coefficient (Wildman–Crippen LogP) is 3.00. The van der Waals surface area contributed by atoms with E-state index >= 15 is 0 Å². The number of para-hydroxylation sites is 1. The first-order valence-electron chi connectivity index (χ1n) is 5.83. The van der Waals surface area contributed by atoms with Crippen LogP contribution >= 0.6 is 23.3 Å². The van der Waals surface area contributed by atoms with Crippen LogP contribution in [0.1, 0.15) is 11.4 Å². The predicted molar refractivity (Wildman–Crippen MR) is 78.4 cm³/mol. The summed E-state index contributed by atoms with van der Waals surface area (Å²) in [5, 5.41) is 1.11. The molecule has 2 aromatic heterocycles. The highest BCUT2D eigenvalue weighted by atomic mass is 32.2. The number of aryl methyl sites for hydroxylation is 1. The van der Waals surface area contributed by atoms with E-state index in [-0.39, 0.29) is 0 Å². The average molecular weight is 288 g/mol. The topological polar surface area (TPSA) is 64.7 Å². The fourth-order valence-electron chi connectivity index (χ4n) is 1.83. The standard InChI is InChI=1S/C13H12N4S2/c1-8-16-13(19-17-8)18-12-9(6-14)7-15-11-5-3-2-4-10(11)12/h2-5,7H,6,14H2,1H3. The summed E-state index contributed by atoms with van der Waals surface area (Å²) in [6.07, 6.45) is 1.85. The van der Waals surface area contributed by atoms with Gasteiger partial charge in [0.15, 0.2) is 4.34 Å². The molecule has 0 unspecified atom stereocenters. The average Bonchev–Trinajstić information content (AvgIpc) is 2.85. The molecule has 0 radical (unpaired) electrons. The van der Waals surface area contributed by atoms with Crippen molar-refractivity contribution < 1.29 is 0 Å². The molecule has 0 spiro atoms. The zero-order valence-electron chi connectivity index (χ0n) is 10.3. The molecule has 1 aromatic carbocycles. The number of fused-ring (bicyclic) bond motifs is 1. The van der Waals surface area contributed by atoms with Gasteiger partial charge in [-0.05, 0) is 30.1 Å². The second-order valence-electron chi connectivity index (χ2n) is 4.04. The van der Waals surface area contributed by atoms with E-state index in [1.165, 1.54) is 11.5 Å². The number of benzene rings is 1. The maximum atomic E-state index is 5.81. The Morgan fingerprint density at radius 3 is 2.89 bits per heavy atom. The third kappa shape index (κ3) is 2.47. The third-order valence-electron chi connectivity index (χ3n) is 2.72. The monoisotopic (exact) mass is 288 g/mol. The number of hydrogen-bond donors (Lipinski definition) is 1. The van der Waals surface area contributed by atoms with E-state index in [1.54, 1.807) is 11.8 Å². The van der Waals surface area contributed by atoms with Gasteiger partial charge in [0, 0.05) is 23.0 Å². The van der Waals surface area contributed by atoms with Gasteiger partial charge in [-0.1, -0.05) is 30.0 Å². The molecule has 4 nitrogen and oxygen atoms in total. The Hall–Kier alpha value is -1.50. The van der Waals surface area contributed by atoms with Crippen LogP contribution in [0.5, 0.6) is 0 Å². The van der Waals surface area contributed by atoms with Crippen molar-refractivity contribution in [1.29, 1.82) is 0 Å². The lowest BCUT2D eigenvalue weighted by atomic mass is 10.1. The molecule has 3 aromatic rings. The summed E-state index contributed by atoms with van der Waals surface area (Å²) in [5.41, 5.74) is 7.83. The van der Waals surface area contributed by atoms with Gasteiger partial charge in [0.1, 0.15) is 5.82 Å². The van der Waals surface area contributed by atoms with Gasteiger partial charge in [0.25, 0.3) is 0 Å². The molecule has 0 bridgehead atoms. The molecular weight excluding hydrogens is 276 g/mol. The van der Waals surface area contributed by atoms with Gasteiger partial charge in [0.05, 0.1) is 5.52 Å². The highest BCUT2D eigenvalue weighted by Crippen LogP contribution is 2.36. The Morgan fingerprint density at radius 1 is 1.32 bits per heavy atom. The van der Waals surface area contributed by atoms with E-state index in [0.717, 1.165) is 31.5 Å². The molecule has 2 heterocycles. The van der Waals surface area contributed by atoms with Crippen LogP contribution in [-0.2, 0) is 6.54 Å². The van der Waals surface area contributed by atoms with Crippen LogP contribution < -0.4 is 5.73 Å². The summed E-state index contributed by atoms with van der Waals surface area (Å²) in [6, 6.07) is 8.07. The van der Waals surface area contributed by atoms with Gasteiger partial charge >= 0.3 is 0 Å². The Kier molecular flexibility index (Phi) is 3.46. The van der Waals surface area contributed by atoms with Crippen molar-refractivity contribution in [3.63, 3.8) is 0 Å². The van der Waals surface area contributed by atoms with Crippen molar-refractivity contribution in [3.05, 3.63) is 41.9 Å². The molecule has 0 saturated heterocycles. The second kappa shape index (κ2) is 5.24. The van der Waals surface area contributed by atoms with E-state index in [0.29, 0.717) is 6.54 Å². The first-order chi connectivity index (χ1) is 9.28. The lowest BCUT2D eigenvalue weighted by Crippen LogP contribution is -2.00. The summed E-state index contributed by atoms with van der Waals surface area (Å²) < 4.78 is 5.15. The fraction of sp³-hybridized carbons (Fsp3) is 0.154. The van der Waals surface area contributed by atoms with Crippen LogP contribution in [-0.4, -0.2) is 14.3 Å². The van der Waals surface area contributed by atoms with E-state index in [2.05, 4.69) is 20.4 Å². The van der Waals surface area contributed by atoms with E-state index in [4.69, 9.17) is 5.73 Å². The minimum atomic E-state index is 0.470. The summed E-state index contributed by atoms with van der Waals surface area (Å²) in [6.45, 7) is 2.37.